The van der Waals surface area contributed by atoms with E-state index in [1.165, 1.54) is 24.1 Å². The molecule has 2 saturated heterocycles. The second kappa shape index (κ2) is 7.90. The van der Waals surface area contributed by atoms with Crippen molar-refractivity contribution in [2.45, 2.75) is 44.0 Å². The average Bonchev–Trinajstić information content (AvgIpc) is 3.45. The number of aliphatic imine (C=N–C) groups is 1. The van der Waals surface area contributed by atoms with Crippen molar-refractivity contribution in [2.24, 2.45) is 4.99 Å². The van der Waals surface area contributed by atoms with Gasteiger partial charge in [0.15, 0.2) is 5.17 Å². The molecule has 0 bridgehead atoms. The molecule has 3 aliphatic heterocycles. The molecule has 3 atom stereocenters. The van der Waals surface area contributed by atoms with Crippen molar-refractivity contribution < 1.29 is 4.74 Å². The smallest absolute Gasteiger partial charge is 0.160 e. The first-order chi connectivity index (χ1) is 14.2. The van der Waals surface area contributed by atoms with E-state index in [1.54, 1.807) is 0 Å². The maximum Gasteiger partial charge on any atom is 0.160 e. The molecule has 1 aromatic carbocycles. The molecular formula is C23H28N4OS. The Morgan fingerprint density at radius 3 is 2.79 bits per heavy atom. The highest BCUT2D eigenvalue weighted by atomic mass is 32.2. The Hall–Kier alpha value is -2.21. The van der Waals surface area contributed by atoms with Gasteiger partial charge in [0.25, 0.3) is 0 Å². The Labute approximate surface area is 177 Å². The van der Waals surface area contributed by atoms with Crippen LogP contribution in [0.2, 0.25) is 0 Å². The van der Waals surface area contributed by atoms with Crippen molar-refractivity contribution in [3.05, 3.63) is 53.9 Å². The van der Waals surface area contributed by atoms with Gasteiger partial charge in [0.2, 0.25) is 0 Å². The number of pyridine rings is 1. The van der Waals surface area contributed by atoms with Crippen LogP contribution in [0.25, 0.3) is 0 Å². The summed E-state index contributed by atoms with van der Waals surface area (Å²) < 4.78 is 6.18. The average molecular weight is 409 g/mol. The van der Waals surface area contributed by atoms with Crippen LogP contribution in [0.4, 0.5) is 5.69 Å². The van der Waals surface area contributed by atoms with E-state index in [2.05, 4.69) is 59.0 Å². The summed E-state index contributed by atoms with van der Waals surface area (Å²) in [6.45, 7) is 8.29. The summed E-state index contributed by atoms with van der Waals surface area (Å²) in [5, 5.41) is 1.70. The van der Waals surface area contributed by atoms with Gasteiger partial charge in [0.05, 0.1) is 18.3 Å². The summed E-state index contributed by atoms with van der Waals surface area (Å²) in [7, 11) is 0. The molecule has 2 fully saturated rings. The number of amidine groups is 1. The van der Waals surface area contributed by atoms with Crippen molar-refractivity contribution in [1.82, 2.24) is 9.88 Å². The molecule has 0 saturated carbocycles. The van der Waals surface area contributed by atoms with Gasteiger partial charge in [-0.1, -0.05) is 30.8 Å². The van der Waals surface area contributed by atoms with Gasteiger partial charge in [-0.05, 0) is 38.0 Å². The lowest BCUT2D eigenvalue weighted by atomic mass is 9.95. The largest absolute Gasteiger partial charge is 0.493 e. The third-order valence-electron chi connectivity index (χ3n) is 5.97. The first-order valence-corrected chi connectivity index (χ1v) is 11.6. The second-order valence-electron chi connectivity index (χ2n) is 7.99. The number of hydrogen-bond donors (Lipinski definition) is 0. The number of benzene rings is 1. The quantitative estimate of drug-likeness (QED) is 0.719. The molecule has 1 aromatic heterocycles. The van der Waals surface area contributed by atoms with Crippen molar-refractivity contribution in [3.8, 4) is 5.75 Å². The van der Waals surface area contributed by atoms with E-state index in [9.17, 15) is 0 Å². The summed E-state index contributed by atoms with van der Waals surface area (Å²) >= 11 is 1.87. The van der Waals surface area contributed by atoms with Crippen molar-refractivity contribution in [2.75, 3.05) is 31.1 Å². The van der Waals surface area contributed by atoms with Gasteiger partial charge in [0, 0.05) is 48.4 Å². The van der Waals surface area contributed by atoms with Crippen molar-refractivity contribution in [3.63, 3.8) is 0 Å². The molecule has 0 radical (unpaired) electrons. The van der Waals surface area contributed by atoms with E-state index in [0.717, 1.165) is 36.2 Å². The normalized spacial score (nSPS) is 26.0. The van der Waals surface area contributed by atoms with Crippen LogP contribution in [0.1, 0.15) is 50.0 Å². The van der Waals surface area contributed by atoms with E-state index in [1.807, 2.05) is 24.0 Å². The first kappa shape index (κ1) is 18.8. The van der Waals surface area contributed by atoms with E-state index in [0.29, 0.717) is 11.9 Å². The SMILES string of the molecule is CCOc1cc(N2CCCC2)ccc1[C@@H]1[C@H](c2ccccn2)N=C2S[C@H](C)CN21. The standard InChI is InChI=1S/C23H28N4OS/c1-3-28-20-14-17(26-12-6-7-13-26)9-10-18(20)22-21(19-8-4-5-11-24-19)25-23-27(22)15-16(2)29-23/h4-5,8-11,14,16,21-22H,3,6-7,12-13,15H2,1-2H3/t16-,21+,22-/m1/s1. The van der Waals surface area contributed by atoms with Crippen LogP contribution in [0.15, 0.2) is 47.6 Å². The molecule has 0 N–H and O–H groups in total. The highest BCUT2D eigenvalue weighted by Crippen LogP contribution is 2.50. The van der Waals surface area contributed by atoms with Gasteiger partial charge < -0.3 is 14.5 Å². The van der Waals surface area contributed by atoms with Gasteiger partial charge in [-0.25, -0.2) is 0 Å². The third kappa shape index (κ3) is 3.48. The third-order valence-corrected chi connectivity index (χ3v) is 7.07. The molecule has 0 spiro atoms. The summed E-state index contributed by atoms with van der Waals surface area (Å²) in [5.41, 5.74) is 3.52. The van der Waals surface area contributed by atoms with Crippen LogP contribution in [-0.4, -0.2) is 46.5 Å². The molecule has 6 heteroatoms. The van der Waals surface area contributed by atoms with Crippen LogP contribution in [-0.2, 0) is 0 Å². The zero-order valence-electron chi connectivity index (χ0n) is 17.1. The van der Waals surface area contributed by atoms with Gasteiger partial charge in [-0.3, -0.25) is 9.98 Å². The molecule has 29 heavy (non-hydrogen) atoms. The summed E-state index contributed by atoms with van der Waals surface area (Å²) in [4.78, 5) is 14.7. The monoisotopic (exact) mass is 408 g/mol. The predicted molar refractivity (Wildman–Crippen MR) is 120 cm³/mol. The number of anilines is 1. The van der Waals surface area contributed by atoms with Crippen LogP contribution >= 0.6 is 11.8 Å². The van der Waals surface area contributed by atoms with E-state index >= 15 is 0 Å². The Morgan fingerprint density at radius 1 is 1.17 bits per heavy atom. The lowest BCUT2D eigenvalue weighted by Gasteiger charge is -2.29. The minimum atomic E-state index is 0.00282. The summed E-state index contributed by atoms with van der Waals surface area (Å²) in [6.07, 6.45) is 4.41. The Bertz CT molecular complexity index is 897. The zero-order valence-corrected chi connectivity index (χ0v) is 17.9. The predicted octanol–water partition coefficient (Wildman–Crippen LogP) is 4.67. The van der Waals surface area contributed by atoms with E-state index in [4.69, 9.17) is 9.73 Å². The van der Waals surface area contributed by atoms with Gasteiger partial charge in [0.1, 0.15) is 11.8 Å². The van der Waals surface area contributed by atoms with E-state index < -0.39 is 0 Å². The number of hydrogen-bond acceptors (Lipinski definition) is 6. The van der Waals surface area contributed by atoms with E-state index in [-0.39, 0.29) is 12.1 Å². The highest BCUT2D eigenvalue weighted by Gasteiger charge is 2.44. The maximum absolute atomic E-state index is 6.18. The van der Waals surface area contributed by atoms with Gasteiger partial charge >= 0.3 is 0 Å². The molecule has 0 aliphatic carbocycles. The van der Waals surface area contributed by atoms with Crippen LogP contribution in [0.5, 0.6) is 5.75 Å². The maximum atomic E-state index is 6.18. The van der Waals surface area contributed by atoms with Crippen LogP contribution in [0, 0.1) is 0 Å². The zero-order chi connectivity index (χ0) is 19.8. The molecule has 3 aliphatic rings. The molecule has 0 amide bonds. The van der Waals surface area contributed by atoms with Gasteiger partial charge in [-0.2, -0.15) is 0 Å². The number of fused-ring (bicyclic) bond motifs is 1. The van der Waals surface area contributed by atoms with Crippen molar-refractivity contribution in [1.29, 1.82) is 0 Å². The lowest BCUT2D eigenvalue weighted by molar-refractivity contribution is 0.292. The Morgan fingerprint density at radius 2 is 2.03 bits per heavy atom. The fourth-order valence-corrected chi connectivity index (χ4v) is 5.77. The molecule has 0 unspecified atom stereocenters. The Kier molecular flexibility index (Phi) is 5.12. The number of ether oxygens (including phenoxy) is 1. The number of thioether (sulfide) groups is 1. The highest BCUT2D eigenvalue weighted by molar-refractivity contribution is 8.14. The van der Waals surface area contributed by atoms with Gasteiger partial charge in [-0.15, -0.1) is 0 Å². The molecule has 152 valence electrons. The van der Waals surface area contributed by atoms with Crippen molar-refractivity contribution >= 4 is 22.6 Å². The summed E-state index contributed by atoms with van der Waals surface area (Å²) in [5.74, 6) is 0.990. The molecule has 5 nitrogen and oxygen atoms in total. The topological polar surface area (TPSA) is 41.0 Å². The number of rotatable bonds is 5. The van der Waals surface area contributed by atoms with Crippen LogP contribution in [0.3, 0.4) is 0 Å². The lowest BCUT2D eigenvalue weighted by Crippen LogP contribution is -2.29. The Balaban J connectivity index is 1.56. The molecule has 2 aromatic rings. The second-order valence-corrected chi connectivity index (χ2v) is 9.39. The number of aromatic nitrogens is 1. The fraction of sp³-hybridized carbons (Fsp3) is 0.478. The fourth-order valence-electron chi connectivity index (χ4n) is 4.67. The minimum absolute atomic E-state index is 0.00282. The summed E-state index contributed by atoms with van der Waals surface area (Å²) in [6, 6.07) is 13.0. The molecular weight excluding hydrogens is 380 g/mol. The number of nitrogens with zero attached hydrogens (tertiary/aromatic N) is 4. The minimum Gasteiger partial charge on any atom is -0.493 e. The first-order valence-electron chi connectivity index (χ1n) is 10.7. The van der Waals surface area contributed by atoms with Crippen LogP contribution < -0.4 is 9.64 Å². The molecule has 4 heterocycles. The molecule has 5 rings (SSSR count).